The maximum absolute atomic E-state index is 11.6. The van der Waals surface area contributed by atoms with E-state index in [1.807, 2.05) is 0 Å². The molecule has 1 rings (SSSR count). The highest BCUT2D eigenvalue weighted by molar-refractivity contribution is 9.10. The number of halogens is 1. The SMILES string of the molecule is CC(C)(C)OC(=O)Cc1ccc(C(=O)O)cc1Br. The van der Waals surface area contributed by atoms with Gasteiger partial charge in [0.1, 0.15) is 5.60 Å². The minimum atomic E-state index is -1.00. The van der Waals surface area contributed by atoms with Gasteiger partial charge in [-0.25, -0.2) is 4.79 Å². The van der Waals surface area contributed by atoms with Crippen LogP contribution in [-0.4, -0.2) is 22.6 Å². The highest BCUT2D eigenvalue weighted by atomic mass is 79.9. The van der Waals surface area contributed by atoms with Crippen LogP contribution in [0.15, 0.2) is 22.7 Å². The van der Waals surface area contributed by atoms with Gasteiger partial charge in [0.05, 0.1) is 12.0 Å². The van der Waals surface area contributed by atoms with Crippen LogP contribution in [0.2, 0.25) is 0 Å². The molecule has 1 N–H and O–H groups in total. The molecule has 0 aliphatic carbocycles. The van der Waals surface area contributed by atoms with E-state index in [-0.39, 0.29) is 18.0 Å². The zero-order valence-electron chi connectivity index (χ0n) is 10.5. The van der Waals surface area contributed by atoms with Crippen molar-refractivity contribution in [2.24, 2.45) is 0 Å². The number of ether oxygens (including phenoxy) is 1. The Morgan fingerprint density at radius 1 is 1.33 bits per heavy atom. The number of carboxylic acids is 1. The van der Waals surface area contributed by atoms with Crippen molar-refractivity contribution >= 4 is 27.9 Å². The number of rotatable bonds is 3. The van der Waals surface area contributed by atoms with Crippen LogP contribution in [0.5, 0.6) is 0 Å². The van der Waals surface area contributed by atoms with Crippen LogP contribution in [0.25, 0.3) is 0 Å². The highest BCUT2D eigenvalue weighted by Crippen LogP contribution is 2.20. The molecule has 0 radical (unpaired) electrons. The molecule has 5 heteroatoms. The summed E-state index contributed by atoms with van der Waals surface area (Å²) in [6.07, 6.45) is 0.109. The van der Waals surface area contributed by atoms with Gasteiger partial charge >= 0.3 is 11.9 Å². The van der Waals surface area contributed by atoms with E-state index in [0.29, 0.717) is 10.0 Å². The van der Waals surface area contributed by atoms with Gasteiger partial charge in [0.25, 0.3) is 0 Å². The second kappa shape index (κ2) is 5.52. The summed E-state index contributed by atoms with van der Waals surface area (Å²) >= 11 is 3.25. The second-order valence-corrected chi connectivity index (χ2v) is 5.73. The molecule has 0 aliphatic rings. The van der Waals surface area contributed by atoms with Crippen LogP contribution in [0.3, 0.4) is 0 Å². The predicted octanol–water partition coefficient (Wildman–Crippen LogP) is 3.03. The van der Waals surface area contributed by atoms with Gasteiger partial charge in [-0.05, 0) is 38.5 Å². The molecule has 0 heterocycles. The first-order valence-electron chi connectivity index (χ1n) is 5.42. The van der Waals surface area contributed by atoms with Crippen LogP contribution in [-0.2, 0) is 16.0 Å². The molecule has 0 fully saturated rings. The molecular formula is C13H15BrO4. The molecule has 0 saturated heterocycles. The lowest BCUT2D eigenvalue weighted by molar-refractivity contribution is -0.153. The Labute approximate surface area is 114 Å². The standard InChI is InChI=1S/C13H15BrO4/c1-13(2,3)18-11(15)7-8-4-5-9(12(16)17)6-10(8)14/h4-6H,7H2,1-3H3,(H,16,17). The Morgan fingerprint density at radius 2 is 1.94 bits per heavy atom. The Kier molecular flexibility index (Phi) is 4.51. The molecule has 98 valence electrons. The lowest BCUT2D eigenvalue weighted by atomic mass is 10.1. The lowest BCUT2D eigenvalue weighted by Gasteiger charge is -2.19. The summed E-state index contributed by atoms with van der Waals surface area (Å²) in [5.74, 6) is -1.34. The number of benzene rings is 1. The van der Waals surface area contributed by atoms with Crippen LogP contribution in [0, 0.1) is 0 Å². The van der Waals surface area contributed by atoms with E-state index in [1.165, 1.54) is 12.1 Å². The van der Waals surface area contributed by atoms with Gasteiger partial charge in [-0.3, -0.25) is 4.79 Å². The van der Waals surface area contributed by atoms with E-state index < -0.39 is 11.6 Å². The van der Waals surface area contributed by atoms with Crippen molar-refractivity contribution < 1.29 is 19.4 Å². The molecule has 18 heavy (non-hydrogen) atoms. The van der Waals surface area contributed by atoms with Gasteiger partial charge in [-0.1, -0.05) is 22.0 Å². The number of aromatic carboxylic acids is 1. The Bertz CT molecular complexity index is 474. The van der Waals surface area contributed by atoms with Crippen molar-refractivity contribution in [1.82, 2.24) is 0 Å². The van der Waals surface area contributed by atoms with E-state index in [4.69, 9.17) is 9.84 Å². The van der Waals surface area contributed by atoms with E-state index in [0.717, 1.165) is 0 Å². The smallest absolute Gasteiger partial charge is 0.335 e. The predicted molar refractivity (Wildman–Crippen MR) is 70.7 cm³/mol. The number of hydrogen-bond acceptors (Lipinski definition) is 3. The molecule has 0 bridgehead atoms. The fraction of sp³-hybridized carbons (Fsp3) is 0.385. The molecule has 1 aromatic rings. The van der Waals surface area contributed by atoms with Crippen molar-refractivity contribution in [3.8, 4) is 0 Å². The highest BCUT2D eigenvalue weighted by Gasteiger charge is 2.17. The lowest BCUT2D eigenvalue weighted by Crippen LogP contribution is -2.25. The van der Waals surface area contributed by atoms with Crippen molar-refractivity contribution in [3.05, 3.63) is 33.8 Å². The quantitative estimate of drug-likeness (QED) is 0.871. The van der Waals surface area contributed by atoms with Crippen molar-refractivity contribution in [3.63, 3.8) is 0 Å². The summed E-state index contributed by atoms with van der Waals surface area (Å²) in [4.78, 5) is 22.4. The molecule has 0 saturated carbocycles. The van der Waals surface area contributed by atoms with Gasteiger partial charge in [-0.15, -0.1) is 0 Å². The molecule has 0 amide bonds. The first kappa shape index (κ1) is 14.7. The first-order valence-corrected chi connectivity index (χ1v) is 6.22. The number of carbonyl (C=O) groups is 2. The summed E-state index contributed by atoms with van der Waals surface area (Å²) in [7, 11) is 0. The van der Waals surface area contributed by atoms with Gasteiger partial charge in [0.15, 0.2) is 0 Å². The second-order valence-electron chi connectivity index (χ2n) is 4.87. The number of esters is 1. The van der Waals surface area contributed by atoms with E-state index in [9.17, 15) is 9.59 Å². The molecule has 0 aromatic heterocycles. The topological polar surface area (TPSA) is 63.6 Å². The molecule has 0 unspecified atom stereocenters. The van der Waals surface area contributed by atoms with Crippen molar-refractivity contribution in [2.45, 2.75) is 32.8 Å². The molecular weight excluding hydrogens is 300 g/mol. The third-order valence-electron chi connectivity index (χ3n) is 2.05. The molecule has 0 aliphatic heterocycles. The monoisotopic (exact) mass is 314 g/mol. The molecule has 1 aromatic carbocycles. The average molecular weight is 315 g/mol. The third-order valence-corrected chi connectivity index (χ3v) is 2.79. The van der Waals surface area contributed by atoms with Gasteiger partial charge in [-0.2, -0.15) is 0 Å². The summed E-state index contributed by atoms with van der Waals surface area (Å²) in [6, 6.07) is 4.55. The van der Waals surface area contributed by atoms with Crippen LogP contribution < -0.4 is 0 Å². The maximum atomic E-state index is 11.6. The van der Waals surface area contributed by atoms with Crippen LogP contribution >= 0.6 is 15.9 Å². The van der Waals surface area contributed by atoms with E-state index >= 15 is 0 Å². The molecule has 0 spiro atoms. The normalized spacial score (nSPS) is 11.1. The van der Waals surface area contributed by atoms with E-state index in [2.05, 4.69) is 15.9 Å². The Hall–Kier alpha value is -1.36. The van der Waals surface area contributed by atoms with Gasteiger partial charge in [0, 0.05) is 4.47 Å². The summed E-state index contributed by atoms with van der Waals surface area (Å²) < 4.78 is 5.79. The van der Waals surface area contributed by atoms with Crippen LogP contribution in [0.4, 0.5) is 0 Å². The zero-order valence-corrected chi connectivity index (χ0v) is 12.1. The zero-order chi connectivity index (χ0) is 13.9. The van der Waals surface area contributed by atoms with E-state index in [1.54, 1.807) is 26.8 Å². The average Bonchev–Trinajstić information content (AvgIpc) is 2.17. The minimum Gasteiger partial charge on any atom is -0.478 e. The first-order chi connectivity index (χ1) is 8.19. The Morgan fingerprint density at radius 3 is 2.39 bits per heavy atom. The largest absolute Gasteiger partial charge is 0.478 e. The van der Waals surface area contributed by atoms with Crippen molar-refractivity contribution in [2.75, 3.05) is 0 Å². The summed E-state index contributed by atoms with van der Waals surface area (Å²) in [5.41, 5.74) is 0.356. The number of carboxylic acid groups (broad SMARTS) is 1. The molecule has 0 atom stereocenters. The number of hydrogen-bond donors (Lipinski definition) is 1. The Balaban J connectivity index is 2.80. The van der Waals surface area contributed by atoms with Gasteiger partial charge in [0.2, 0.25) is 0 Å². The maximum Gasteiger partial charge on any atom is 0.335 e. The van der Waals surface area contributed by atoms with Crippen LogP contribution in [0.1, 0.15) is 36.7 Å². The third kappa shape index (κ3) is 4.49. The fourth-order valence-electron chi connectivity index (χ4n) is 1.36. The minimum absolute atomic E-state index is 0.109. The fourth-order valence-corrected chi connectivity index (χ4v) is 1.88. The van der Waals surface area contributed by atoms with Gasteiger partial charge < -0.3 is 9.84 Å². The molecule has 4 nitrogen and oxygen atoms in total. The summed E-state index contributed by atoms with van der Waals surface area (Å²) in [5, 5.41) is 8.82. The number of carbonyl (C=O) groups excluding carboxylic acids is 1. The van der Waals surface area contributed by atoms with Crippen molar-refractivity contribution in [1.29, 1.82) is 0 Å². The summed E-state index contributed by atoms with van der Waals surface area (Å²) in [6.45, 7) is 5.40.